The van der Waals surface area contributed by atoms with Gasteiger partial charge < -0.3 is 10.1 Å². The van der Waals surface area contributed by atoms with Crippen LogP contribution in [0.2, 0.25) is 0 Å². The highest BCUT2D eigenvalue weighted by Crippen LogP contribution is 2.18. The smallest absolute Gasteiger partial charge is 0.251 e. The van der Waals surface area contributed by atoms with Crippen molar-refractivity contribution in [3.8, 4) is 5.75 Å². The number of aromatic amines is 1. The van der Waals surface area contributed by atoms with Gasteiger partial charge in [-0.15, -0.1) is 0 Å². The number of hydrogen-bond donors (Lipinski definition) is 2. The van der Waals surface area contributed by atoms with Crippen molar-refractivity contribution in [3.63, 3.8) is 0 Å². The summed E-state index contributed by atoms with van der Waals surface area (Å²) in [6.07, 6.45) is 1.48. The molecule has 25 heavy (non-hydrogen) atoms. The van der Waals surface area contributed by atoms with E-state index in [9.17, 15) is 4.79 Å². The third-order valence-electron chi connectivity index (χ3n) is 3.57. The number of H-pyrrole nitrogens is 1. The molecule has 0 aliphatic rings. The van der Waals surface area contributed by atoms with Gasteiger partial charge in [-0.3, -0.25) is 9.89 Å². The van der Waals surface area contributed by atoms with Gasteiger partial charge in [0.05, 0.1) is 7.11 Å². The summed E-state index contributed by atoms with van der Waals surface area (Å²) in [4.78, 5) is 16.3. The average molecular weight is 354 g/mol. The maximum atomic E-state index is 12.3. The Kier molecular flexibility index (Phi) is 5.69. The number of nitrogens with one attached hydrogen (secondary N) is 2. The topological polar surface area (TPSA) is 79.9 Å². The molecule has 0 aliphatic heterocycles. The van der Waals surface area contributed by atoms with Crippen LogP contribution < -0.4 is 10.1 Å². The van der Waals surface area contributed by atoms with Gasteiger partial charge in [-0.2, -0.15) is 5.10 Å². The SMILES string of the molecule is COc1cccc(CNC(=O)c2ccc(CSc3ncn[nH]3)cc2)c1. The summed E-state index contributed by atoms with van der Waals surface area (Å²) in [7, 11) is 1.62. The minimum Gasteiger partial charge on any atom is -0.497 e. The molecule has 3 aromatic rings. The predicted octanol–water partition coefficient (Wildman–Crippen LogP) is 3.04. The van der Waals surface area contributed by atoms with Crippen LogP contribution in [0.1, 0.15) is 21.5 Å². The summed E-state index contributed by atoms with van der Waals surface area (Å²) in [6, 6.07) is 15.2. The molecule has 2 aromatic carbocycles. The predicted molar refractivity (Wildman–Crippen MR) is 96.5 cm³/mol. The zero-order valence-electron chi connectivity index (χ0n) is 13.7. The zero-order chi connectivity index (χ0) is 17.5. The first kappa shape index (κ1) is 17.0. The number of nitrogens with zero attached hydrogens (tertiary/aromatic N) is 2. The Bertz CT molecular complexity index is 819. The fourth-order valence-corrected chi connectivity index (χ4v) is 2.97. The summed E-state index contributed by atoms with van der Waals surface area (Å²) in [5.74, 6) is 1.44. The number of benzene rings is 2. The van der Waals surface area contributed by atoms with Crippen molar-refractivity contribution in [1.82, 2.24) is 20.5 Å². The molecule has 3 rings (SSSR count). The zero-order valence-corrected chi connectivity index (χ0v) is 14.5. The Balaban J connectivity index is 1.53. The second-order valence-electron chi connectivity index (χ2n) is 5.31. The van der Waals surface area contributed by atoms with Crippen LogP contribution in [-0.2, 0) is 12.3 Å². The van der Waals surface area contributed by atoms with Gasteiger partial charge in [0, 0.05) is 17.9 Å². The van der Waals surface area contributed by atoms with Crippen LogP contribution in [-0.4, -0.2) is 28.2 Å². The molecule has 128 valence electrons. The van der Waals surface area contributed by atoms with E-state index in [1.807, 2.05) is 48.5 Å². The fraction of sp³-hybridized carbons (Fsp3) is 0.167. The van der Waals surface area contributed by atoms with E-state index in [1.165, 1.54) is 6.33 Å². The van der Waals surface area contributed by atoms with Crippen molar-refractivity contribution in [2.24, 2.45) is 0 Å². The normalized spacial score (nSPS) is 10.4. The van der Waals surface area contributed by atoms with Gasteiger partial charge in [-0.1, -0.05) is 36.0 Å². The molecular weight excluding hydrogens is 336 g/mol. The Morgan fingerprint density at radius 2 is 2.04 bits per heavy atom. The van der Waals surface area contributed by atoms with Gasteiger partial charge in [0.25, 0.3) is 5.91 Å². The van der Waals surface area contributed by atoms with Crippen LogP contribution in [0.3, 0.4) is 0 Å². The molecule has 0 unspecified atom stereocenters. The van der Waals surface area contributed by atoms with Gasteiger partial charge in [-0.25, -0.2) is 4.98 Å². The second kappa shape index (κ2) is 8.34. The lowest BCUT2D eigenvalue weighted by atomic mass is 10.1. The van der Waals surface area contributed by atoms with Gasteiger partial charge in [0.15, 0.2) is 5.16 Å². The first-order valence-corrected chi connectivity index (χ1v) is 8.71. The molecule has 1 heterocycles. The van der Waals surface area contributed by atoms with E-state index in [-0.39, 0.29) is 5.91 Å². The Morgan fingerprint density at radius 3 is 2.76 bits per heavy atom. The Morgan fingerprint density at radius 1 is 1.20 bits per heavy atom. The number of carbonyl (C=O) groups is 1. The molecule has 0 radical (unpaired) electrons. The molecule has 1 amide bonds. The molecule has 6 nitrogen and oxygen atoms in total. The van der Waals surface area contributed by atoms with Gasteiger partial charge in [0.1, 0.15) is 12.1 Å². The van der Waals surface area contributed by atoms with Crippen LogP contribution in [0.5, 0.6) is 5.75 Å². The number of carbonyl (C=O) groups excluding carboxylic acids is 1. The second-order valence-corrected chi connectivity index (χ2v) is 6.27. The monoisotopic (exact) mass is 354 g/mol. The summed E-state index contributed by atoms with van der Waals surface area (Å²) >= 11 is 1.56. The van der Waals surface area contributed by atoms with Crippen LogP contribution in [0.15, 0.2) is 60.0 Å². The van der Waals surface area contributed by atoms with Gasteiger partial charge in [0.2, 0.25) is 0 Å². The highest BCUT2D eigenvalue weighted by atomic mass is 32.2. The van der Waals surface area contributed by atoms with Crippen molar-refractivity contribution in [3.05, 3.63) is 71.5 Å². The lowest BCUT2D eigenvalue weighted by Crippen LogP contribution is -2.22. The molecule has 0 spiro atoms. The summed E-state index contributed by atoms with van der Waals surface area (Å²) in [5, 5.41) is 10.3. The molecule has 7 heteroatoms. The summed E-state index contributed by atoms with van der Waals surface area (Å²) in [5.41, 5.74) is 2.75. The number of rotatable bonds is 7. The lowest BCUT2D eigenvalue weighted by molar-refractivity contribution is 0.0951. The highest BCUT2D eigenvalue weighted by Gasteiger charge is 2.06. The molecule has 0 fully saturated rings. The molecule has 0 saturated heterocycles. The van der Waals surface area contributed by atoms with Crippen molar-refractivity contribution >= 4 is 17.7 Å². The first-order chi connectivity index (χ1) is 12.2. The number of amides is 1. The van der Waals surface area contributed by atoms with Crippen molar-refractivity contribution in [2.45, 2.75) is 17.5 Å². The minimum atomic E-state index is -0.0998. The first-order valence-electron chi connectivity index (χ1n) is 7.73. The third kappa shape index (κ3) is 4.84. The van der Waals surface area contributed by atoms with E-state index in [1.54, 1.807) is 18.9 Å². The van der Waals surface area contributed by atoms with E-state index in [4.69, 9.17) is 4.74 Å². The minimum absolute atomic E-state index is 0.0998. The summed E-state index contributed by atoms with van der Waals surface area (Å²) in [6.45, 7) is 0.457. The van der Waals surface area contributed by atoms with Crippen LogP contribution in [0, 0.1) is 0 Å². The van der Waals surface area contributed by atoms with Crippen molar-refractivity contribution < 1.29 is 9.53 Å². The van der Waals surface area contributed by atoms with E-state index in [0.29, 0.717) is 12.1 Å². The lowest BCUT2D eigenvalue weighted by Gasteiger charge is -2.07. The molecule has 1 aromatic heterocycles. The van der Waals surface area contributed by atoms with Gasteiger partial charge in [-0.05, 0) is 35.4 Å². The van der Waals surface area contributed by atoms with Crippen LogP contribution in [0.25, 0.3) is 0 Å². The maximum Gasteiger partial charge on any atom is 0.251 e. The Labute approximate surface area is 150 Å². The van der Waals surface area contributed by atoms with E-state index in [0.717, 1.165) is 27.8 Å². The molecule has 0 bridgehead atoms. The molecule has 0 saturated carbocycles. The number of thioether (sulfide) groups is 1. The van der Waals surface area contributed by atoms with E-state index in [2.05, 4.69) is 20.5 Å². The van der Waals surface area contributed by atoms with E-state index < -0.39 is 0 Å². The maximum absolute atomic E-state index is 12.3. The summed E-state index contributed by atoms with van der Waals surface area (Å²) < 4.78 is 5.18. The quantitative estimate of drug-likeness (QED) is 0.638. The van der Waals surface area contributed by atoms with Crippen LogP contribution >= 0.6 is 11.8 Å². The van der Waals surface area contributed by atoms with Crippen LogP contribution in [0.4, 0.5) is 0 Å². The van der Waals surface area contributed by atoms with Crippen molar-refractivity contribution in [2.75, 3.05) is 7.11 Å². The van der Waals surface area contributed by atoms with E-state index >= 15 is 0 Å². The Hall–Kier alpha value is -2.80. The molecule has 0 atom stereocenters. The highest BCUT2D eigenvalue weighted by molar-refractivity contribution is 7.98. The molecule has 2 N–H and O–H groups in total. The number of hydrogen-bond acceptors (Lipinski definition) is 5. The molecular formula is C18H18N4O2S. The standard InChI is InChI=1S/C18H18N4O2S/c1-24-16-4-2-3-14(9-16)10-19-17(23)15-7-5-13(6-8-15)11-25-18-20-12-21-22-18/h2-9,12H,10-11H2,1H3,(H,19,23)(H,20,21,22). The number of methoxy groups -OCH3 is 1. The average Bonchev–Trinajstić information content (AvgIpc) is 3.18. The van der Waals surface area contributed by atoms with Crippen molar-refractivity contribution in [1.29, 1.82) is 0 Å². The fourth-order valence-electron chi connectivity index (χ4n) is 2.23. The third-order valence-corrected chi connectivity index (χ3v) is 4.52. The molecule has 0 aliphatic carbocycles. The largest absolute Gasteiger partial charge is 0.497 e. The van der Waals surface area contributed by atoms with Gasteiger partial charge >= 0.3 is 0 Å². The number of ether oxygens (including phenoxy) is 1. The number of aromatic nitrogens is 3.